The number of hydrogen-bond donors (Lipinski definition) is 2. The highest BCUT2D eigenvalue weighted by molar-refractivity contribution is 8.16. The predicted octanol–water partition coefficient (Wildman–Crippen LogP) is 3.71. The van der Waals surface area contributed by atoms with Crippen molar-refractivity contribution in [2.75, 3.05) is 11.5 Å². The summed E-state index contributed by atoms with van der Waals surface area (Å²) in [5.74, 6) is -0.407. The van der Waals surface area contributed by atoms with Crippen molar-refractivity contribution in [3.8, 4) is 0 Å². The normalized spacial score (nSPS) is 19.1. The zero-order valence-electron chi connectivity index (χ0n) is 15.0. The van der Waals surface area contributed by atoms with Crippen molar-refractivity contribution < 1.29 is 14.3 Å². The largest absolute Gasteiger partial charge is 0.479 e. The first kappa shape index (κ1) is 18.9. The van der Waals surface area contributed by atoms with E-state index in [1.54, 1.807) is 12.3 Å². The van der Waals surface area contributed by atoms with Crippen molar-refractivity contribution in [2.24, 2.45) is 4.99 Å². The van der Waals surface area contributed by atoms with Gasteiger partial charge in [-0.3, -0.25) is 4.99 Å². The fourth-order valence-corrected chi connectivity index (χ4v) is 5.15. The summed E-state index contributed by atoms with van der Waals surface area (Å²) in [5, 5.41) is 12.1. The number of carboxylic acids is 1. The number of H-pyrrole nitrogens is 1. The summed E-state index contributed by atoms with van der Waals surface area (Å²) in [6.07, 6.45) is 1.93. The average Bonchev–Trinajstić information content (AvgIpc) is 3.24. The SMILES string of the molecule is Cc1ccnc(SCC2=NC(Cc3cc4ccc(F)cc4[nH]3)(C(=O)O)CS2)n1. The number of halogens is 1. The molecule has 2 aromatic heterocycles. The number of aliphatic carboxylic acids is 1. The number of fused-ring (bicyclic) bond motifs is 1. The summed E-state index contributed by atoms with van der Waals surface area (Å²) < 4.78 is 13.4. The molecule has 0 fully saturated rings. The molecule has 0 aliphatic carbocycles. The van der Waals surface area contributed by atoms with E-state index >= 15 is 0 Å². The first-order valence-electron chi connectivity index (χ1n) is 8.58. The molecule has 0 spiro atoms. The van der Waals surface area contributed by atoms with Crippen molar-refractivity contribution >= 4 is 45.4 Å². The Morgan fingerprint density at radius 2 is 2.25 bits per heavy atom. The second-order valence-corrected chi connectivity index (χ2v) is 8.59. The number of hydrogen-bond acceptors (Lipinski definition) is 6. The Morgan fingerprint density at radius 3 is 3.04 bits per heavy atom. The van der Waals surface area contributed by atoms with Crippen LogP contribution in [0.3, 0.4) is 0 Å². The first-order chi connectivity index (χ1) is 13.4. The Hall–Kier alpha value is -2.39. The molecular formula is C19H17FN4O2S2. The third kappa shape index (κ3) is 3.90. The van der Waals surface area contributed by atoms with Crippen molar-refractivity contribution in [3.05, 3.63) is 53.7 Å². The molecule has 4 rings (SSSR count). The Morgan fingerprint density at radius 1 is 1.39 bits per heavy atom. The molecule has 0 saturated carbocycles. The summed E-state index contributed by atoms with van der Waals surface area (Å²) in [6.45, 7) is 1.90. The molecule has 144 valence electrons. The van der Waals surface area contributed by atoms with E-state index in [0.29, 0.717) is 22.2 Å². The Balaban J connectivity index is 1.53. The van der Waals surface area contributed by atoms with E-state index in [1.807, 2.05) is 19.1 Å². The molecule has 1 aliphatic heterocycles. The zero-order chi connectivity index (χ0) is 19.7. The van der Waals surface area contributed by atoms with Crippen LogP contribution < -0.4 is 0 Å². The van der Waals surface area contributed by atoms with Gasteiger partial charge in [-0.15, -0.1) is 11.8 Å². The van der Waals surface area contributed by atoms with Crippen molar-refractivity contribution in [2.45, 2.75) is 24.0 Å². The van der Waals surface area contributed by atoms with Gasteiger partial charge in [0.15, 0.2) is 10.7 Å². The Bertz CT molecular complexity index is 1080. The molecule has 0 amide bonds. The molecule has 0 bridgehead atoms. The standard InChI is InChI=1S/C19H17FN4O2S2/c1-11-4-5-21-18(22-11)27-9-16-24-19(10-28-16,17(25)26)8-14-6-12-2-3-13(20)7-15(12)23-14/h2-7,23H,8-10H2,1H3,(H,25,26). The lowest BCUT2D eigenvalue weighted by molar-refractivity contribution is -0.142. The van der Waals surface area contributed by atoms with Crippen molar-refractivity contribution in [3.63, 3.8) is 0 Å². The minimum atomic E-state index is -1.23. The molecule has 1 aromatic carbocycles. The van der Waals surface area contributed by atoms with Gasteiger partial charge in [-0.2, -0.15) is 0 Å². The van der Waals surface area contributed by atoms with Crippen LogP contribution >= 0.6 is 23.5 Å². The number of benzene rings is 1. The number of carbonyl (C=O) groups is 1. The van der Waals surface area contributed by atoms with E-state index < -0.39 is 11.5 Å². The van der Waals surface area contributed by atoms with E-state index in [2.05, 4.69) is 19.9 Å². The number of aromatic nitrogens is 3. The summed E-state index contributed by atoms with van der Waals surface area (Å²) in [5.41, 5.74) is 1.03. The van der Waals surface area contributed by atoms with Gasteiger partial charge in [-0.05, 0) is 42.6 Å². The van der Waals surface area contributed by atoms with Crippen LogP contribution in [0.4, 0.5) is 4.39 Å². The number of nitrogens with zero attached hydrogens (tertiary/aromatic N) is 3. The van der Waals surface area contributed by atoms with Crippen molar-refractivity contribution in [1.82, 2.24) is 15.0 Å². The quantitative estimate of drug-likeness (QED) is 0.470. The van der Waals surface area contributed by atoms with Crippen LogP contribution in [0, 0.1) is 12.7 Å². The summed E-state index contributed by atoms with van der Waals surface area (Å²) >= 11 is 2.89. The summed E-state index contributed by atoms with van der Waals surface area (Å²) in [7, 11) is 0. The van der Waals surface area contributed by atoms with Gasteiger partial charge in [-0.25, -0.2) is 19.2 Å². The average molecular weight is 417 g/mol. The third-order valence-corrected chi connectivity index (χ3v) is 6.68. The van der Waals surface area contributed by atoms with Crippen LogP contribution in [0.15, 0.2) is 46.7 Å². The molecule has 2 N–H and O–H groups in total. The fraction of sp³-hybridized carbons (Fsp3) is 0.263. The lowest BCUT2D eigenvalue weighted by Gasteiger charge is -2.19. The van der Waals surface area contributed by atoms with Crippen molar-refractivity contribution in [1.29, 1.82) is 0 Å². The number of nitrogens with one attached hydrogen (secondary N) is 1. The van der Waals surface area contributed by atoms with Gasteiger partial charge in [0, 0.05) is 41.0 Å². The highest BCUT2D eigenvalue weighted by Crippen LogP contribution is 2.34. The monoisotopic (exact) mass is 416 g/mol. The number of carboxylic acid groups (broad SMARTS) is 1. The molecular weight excluding hydrogens is 399 g/mol. The maximum Gasteiger partial charge on any atom is 0.332 e. The molecule has 1 aliphatic rings. The van der Waals surface area contributed by atoms with Gasteiger partial charge in [0.2, 0.25) is 0 Å². The molecule has 3 heterocycles. The highest BCUT2D eigenvalue weighted by Gasteiger charge is 2.43. The van der Waals surface area contributed by atoms with Crippen LogP contribution in [0.5, 0.6) is 0 Å². The van der Waals surface area contributed by atoms with E-state index in [-0.39, 0.29) is 12.2 Å². The minimum absolute atomic E-state index is 0.223. The van der Waals surface area contributed by atoms with E-state index in [9.17, 15) is 14.3 Å². The zero-order valence-corrected chi connectivity index (χ0v) is 16.6. The molecule has 1 unspecified atom stereocenters. The fourth-order valence-electron chi connectivity index (χ4n) is 3.05. The van der Waals surface area contributed by atoms with Crippen LogP contribution in [0.2, 0.25) is 0 Å². The topological polar surface area (TPSA) is 91.2 Å². The highest BCUT2D eigenvalue weighted by atomic mass is 32.2. The molecule has 9 heteroatoms. The lowest BCUT2D eigenvalue weighted by Crippen LogP contribution is -2.39. The summed E-state index contributed by atoms with van der Waals surface area (Å²) in [6, 6.07) is 8.15. The molecule has 28 heavy (non-hydrogen) atoms. The van der Waals surface area contributed by atoms with Gasteiger partial charge in [-0.1, -0.05) is 11.8 Å². The third-order valence-electron chi connectivity index (χ3n) is 4.44. The van der Waals surface area contributed by atoms with Crippen LogP contribution in [0.1, 0.15) is 11.4 Å². The van der Waals surface area contributed by atoms with Gasteiger partial charge in [0.25, 0.3) is 0 Å². The first-order valence-corrected chi connectivity index (χ1v) is 10.6. The lowest BCUT2D eigenvalue weighted by atomic mass is 9.96. The Labute approximate surface area is 169 Å². The second kappa shape index (κ2) is 7.56. The van der Waals surface area contributed by atoms with Crippen LogP contribution in [-0.2, 0) is 11.2 Å². The maximum absolute atomic E-state index is 13.4. The van der Waals surface area contributed by atoms with Gasteiger partial charge in [0.1, 0.15) is 5.82 Å². The second-order valence-electron chi connectivity index (χ2n) is 6.60. The van der Waals surface area contributed by atoms with E-state index in [0.717, 1.165) is 21.8 Å². The summed E-state index contributed by atoms with van der Waals surface area (Å²) in [4.78, 5) is 28.2. The molecule has 3 aromatic rings. The van der Waals surface area contributed by atoms with Crippen LogP contribution in [0.25, 0.3) is 10.9 Å². The van der Waals surface area contributed by atoms with Gasteiger partial charge < -0.3 is 10.1 Å². The number of aromatic amines is 1. The number of thioether (sulfide) groups is 2. The van der Waals surface area contributed by atoms with Gasteiger partial charge in [0.05, 0.1) is 5.04 Å². The maximum atomic E-state index is 13.4. The number of aliphatic imine (C=N–C) groups is 1. The predicted molar refractivity (Wildman–Crippen MR) is 110 cm³/mol. The van der Waals surface area contributed by atoms with E-state index in [4.69, 9.17) is 0 Å². The molecule has 6 nitrogen and oxygen atoms in total. The minimum Gasteiger partial charge on any atom is -0.479 e. The van der Waals surface area contributed by atoms with Gasteiger partial charge >= 0.3 is 5.97 Å². The molecule has 0 radical (unpaired) electrons. The van der Waals surface area contributed by atoms with Crippen LogP contribution in [-0.4, -0.2) is 48.1 Å². The molecule has 0 saturated heterocycles. The van der Waals surface area contributed by atoms with E-state index in [1.165, 1.54) is 35.7 Å². The number of aryl methyl sites for hydroxylation is 1. The Kier molecular flexibility index (Phi) is 5.11. The number of rotatable bonds is 6. The molecule has 1 atom stereocenters. The smallest absolute Gasteiger partial charge is 0.332 e.